The minimum absolute atomic E-state index is 0.00339. The molecule has 2 aromatic rings. The van der Waals surface area contributed by atoms with Crippen molar-refractivity contribution >= 4 is 34.0 Å². The second-order valence-electron chi connectivity index (χ2n) is 6.34. The number of thiophene rings is 1. The van der Waals surface area contributed by atoms with Gasteiger partial charge in [-0.05, 0) is 54.5 Å². The molecule has 0 saturated carbocycles. The van der Waals surface area contributed by atoms with Gasteiger partial charge in [0.15, 0.2) is 0 Å². The van der Waals surface area contributed by atoms with Gasteiger partial charge in [0.05, 0.1) is 10.5 Å². The Labute approximate surface area is 154 Å². The van der Waals surface area contributed by atoms with Gasteiger partial charge in [0.25, 0.3) is 5.69 Å². The maximum atomic E-state index is 12.2. The van der Waals surface area contributed by atoms with E-state index in [1.54, 1.807) is 18.2 Å². The van der Waals surface area contributed by atoms with Gasteiger partial charge in [-0.15, -0.1) is 11.3 Å². The van der Waals surface area contributed by atoms with E-state index in [1.165, 1.54) is 34.4 Å². The van der Waals surface area contributed by atoms with Crippen LogP contribution >= 0.6 is 11.3 Å². The molecule has 1 atom stereocenters. The number of hydrogen-bond acceptors (Lipinski definition) is 5. The van der Waals surface area contributed by atoms with Crippen molar-refractivity contribution in [1.82, 2.24) is 0 Å². The van der Waals surface area contributed by atoms with Crippen LogP contribution in [0.5, 0.6) is 0 Å². The third kappa shape index (κ3) is 3.81. The smallest absolute Gasteiger partial charge is 0.269 e. The van der Waals surface area contributed by atoms with Crippen molar-refractivity contribution in [3.63, 3.8) is 0 Å². The Hall–Kier alpha value is -2.98. The first-order chi connectivity index (χ1) is 12.5. The second-order valence-corrected chi connectivity index (χ2v) is 7.44. The predicted octanol–water partition coefficient (Wildman–Crippen LogP) is 4.30. The fourth-order valence-electron chi connectivity index (χ4n) is 2.99. The van der Waals surface area contributed by atoms with E-state index in [0.717, 1.165) is 24.8 Å². The zero-order valence-electron chi connectivity index (χ0n) is 14.2. The summed E-state index contributed by atoms with van der Waals surface area (Å²) in [4.78, 5) is 23.6. The number of hydrogen-bond donors (Lipinski definition) is 1. The Morgan fingerprint density at radius 2 is 2.15 bits per heavy atom. The molecule has 6 nitrogen and oxygen atoms in total. The van der Waals surface area contributed by atoms with Crippen LogP contribution in [0.1, 0.15) is 34.9 Å². The van der Waals surface area contributed by atoms with Gasteiger partial charge in [-0.2, -0.15) is 5.26 Å². The molecule has 0 aliphatic heterocycles. The Morgan fingerprint density at radius 3 is 2.81 bits per heavy atom. The summed E-state index contributed by atoms with van der Waals surface area (Å²) >= 11 is 1.48. The van der Waals surface area contributed by atoms with Gasteiger partial charge >= 0.3 is 0 Å². The number of nitriles is 1. The molecular weight excluding hydrogens is 350 g/mol. The number of anilines is 1. The second kappa shape index (κ2) is 7.50. The predicted molar refractivity (Wildman–Crippen MR) is 101 cm³/mol. The topological polar surface area (TPSA) is 96.0 Å². The molecule has 132 valence electrons. The quantitative estimate of drug-likeness (QED) is 0.495. The van der Waals surface area contributed by atoms with Crippen molar-refractivity contribution in [2.75, 3.05) is 5.32 Å². The van der Waals surface area contributed by atoms with Crippen LogP contribution in [-0.4, -0.2) is 10.8 Å². The van der Waals surface area contributed by atoms with E-state index in [0.29, 0.717) is 22.0 Å². The molecule has 0 bridgehead atoms. The number of nitro benzene ring substituents is 1. The molecule has 1 heterocycles. The van der Waals surface area contributed by atoms with E-state index in [1.807, 2.05) is 0 Å². The first-order valence-electron chi connectivity index (χ1n) is 8.26. The van der Waals surface area contributed by atoms with E-state index in [9.17, 15) is 20.2 Å². The fraction of sp³-hybridized carbons (Fsp3) is 0.263. The Kier molecular flexibility index (Phi) is 5.14. The van der Waals surface area contributed by atoms with Crippen molar-refractivity contribution in [3.8, 4) is 6.07 Å². The van der Waals surface area contributed by atoms with Gasteiger partial charge in [0.2, 0.25) is 5.91 Å². The summed E-state index contributed by atoms with van der Waals surface area (Å²) in [7, 11) is 0. The molecule has 0 saturated heterocycles. The summed E-state index contributed by atoms with van der Waals surface area (Å²) in [6.45, 7) is 2.19. The molecule has 1 aromatic carbocycles. The summed E-state index contributed by atoms with van der Waals surface area (Å²) < 4.78 is 0. The third-order valence-corrected chi connectivity index (χ3v) is 5.56. The van der Waals surface area contributed by atoms with Crippen molar-refractivity contribution in [2.45, 2.75) is 26.2 Å². The Morgan fingerprint density at radius 1 is 1.42 bits per heavy atom. The third-order valence-electron chi connectivity index (χ3n) is 4.39. The van der Waals surface area contributed by atoms with Crippen molar-refractivity contribution in [3.05, 3.63) is 62.0 Å². The van der Waals surface area contributed by atoms with Crippen molar-refractivity contribution < 1.29 is 9.72 Å². The van der Waals surface area contributed by atoms with Gasteiger partial charge in [0.1, 0.15) is 11.1 Å². The lowest BCUT2D eigenvalue weighted by Crippen LogP contribution is -2.10. The van der Waals surface area contributed by atoms with Crippen LogP contribution in [0, 0.1) is 27.4 Å². The molecule has 1 aliphatic rings. The highest BCUT2D eigenvalue weighted by atomic mass is 32.1. The fourth-order valence-corrected chi connectivity index (χ4v) is 4.35. The SMILES string of the molecule is C[C@H]1CCc2c(sc(NC(=O)/C=C/c3ccc([N+](=O)[O-])cc3)c2C#N)C1. The average Bonchev–Trinajstić information content (AvgIpc) is 2.96. The number of amides is 1. The molecule has 1 amide bonds. The lowest BCUT2D eigenvalue weighted by atomic mass is 9.89. The molecule has 26 heavy (non-hydrogen) atoms. The standard InChI is InChI=1S/C19H17N3O3S/c1-12-2-8-15-16(11-20)19(26-17(15)10-12)21-18(23)9-5-13-3-6-14(7-4-13)22(24)25/h3-7,9,12H,2,8,10H2,1H3,(H,21,23)/b9-5+/t12-/m0/s1. The highest BCUT2D eigenvalue weighted by Gasteiger charge is 2.24. The van der Waals surface area contributed by atoms with Crippen LogP contribution in [-0.2, 0) is 17.6 Å². The van der Waals surface area contributed by atoms with Crippen LogP contribution in [0.2, 0.25) is 0 Å². The molecule has 0 radical (unpaired) electrons. The largest absolute Gasteiger partial charge is 0.313 e. The van der Waals surface area contributed by atoms with Crippen molar-refractivity contribution in [2.24, 2.45) is 5.92 Å². The van der Waals surface area contributed by atoms with Crippen LogP contribution in [0.3, 0.4) is 0 Å². The molecule has 3 rings (SSSR count). The number of rotatable bonds is 4. The Bertz CT molecular complexity index is 923. The van der Waals surface area contributed by atoms with E-state index in [-0.39, 0.29) is 11.6 Å². The summed E-state index contributed by atoms with van der Waals surface area (Å²) in [5, 5.41) is 23.5. The first-order valence-corrected chi connectivity index (χ1v) is 9.07. The Balaban J connectivity index is 1.72. The van der Waals surface area contributed by atoms with E-state index >= 15 is 0 Å². The minimum atomic E-state index is -0.469. The minimum Gasteiger partial charge on any atom is -0.313 e. The first kappa shape index (κ1) is 17.8. The zero-order chi connectivity index (χ0) is 18.7. The van der Waals surface area contributed by atoms with Gasteiger partial charge in [0, 0.05) is 23.1 Å². The molecule has 0 unspecified atom stereocenters. The molecule has 0 spiro atoms. The number of nitrogens with one attached hydrogen (secondary N) is 1. The molecule has 1 aliphatic carbocycles. The maximum absolute atomic E-state index is 12.2. The lowest BCUT2D eigenvalue weighted by molar-refractivity contribution is -0.384. The molecule has 1 aromatic heterocycles. The van der Waals surface area contributed by atoms with Crippen LogP contribution in [0.4, 0.5) is 10.7 Å². The molecule has 1 N–H and O–H groups in total. The highest BCUT2D eigenvalue weighted by Crippen LogP contribution is 2.39. The van der Waals surface area contributed by atoms with Crippen LogP contribution in [0.15, 0.2) is 30.3 Å². The van der Waals surface area contributed by atoms with Gasteiger partial charge in [-0.25, -0.2) is 0 Å². The zero-order valence-corrected chi connectivity index (χ0v) is 15.0. The van der Waals surface area contributed by atoms with Crippen LogP contribution in [0.25, 0.3) is 6.08 Å². The number of nitro groups is 1. The number of carbonyl (C=O) groups excluding carboxylic acids is 1. The maximum Gasteiger partial charge on any atom is 0.269 e. The summed E-state index contributed by atoms with van der Waals surface area (Å²) in [5.74, 6) is 0.268. The monoisotopic (exact) mass is 367 g/mol. The van der Waals surface area contributed by atoms with Gasteiger partial charge < -0.3 is 5.32 Å². The van der Waals surface area contributed by atoms with Crippen LogP contribution < -0.4 is 5.32 Å². The number of benzene rings is 1. The number of nitrogens with zero attached hydrogens (tertiary/aromatic N) is 2. The van der Waals surface area contributed by atoms with Crippen molar-refractivity contribution in [1.29, 1.82) is 5.26 Å². The summed E-state index contributed by atoms with van der Waals surface area (Å²) in [6.07, 6.45) is 5.84. The highest BCUT2D eigenvalue weighted by molar-refractivity contribution is 7.16. The summed E-state index contributed by atoms with van der Waals surface area (Å²) in [6, 6.07) is 8.15. The average molecular weight is 367 g/mol. The number of carbonyl (C=O) groups is 1. The lowest BCUT2D eigenvalue weighted by Gasteiger charge is -2.17. The molecule has 7 heteroatoms. The molecular formula is C19H17N3O3S. The normalized spacial score (nSPS) is 16.1. The molecule has 0 fully saturated rings. The van der Waals surface area contributed by atoms with Gasteiger partial charge in [-0.1, -0.05) is 6.92 Å². The van der Waals surface area contributed by atoms with E-state index in [4.69, 9.17) is 0 Å². The summed E-state index contributed by atoms with van der Waals surface area (Å²) in [5.41, 5.74) is 2.34. The van der Waals surface area contributed by atoms with Gasteiger partial charge in [-0.3, -0.25) is 14.9 Å². The number of fused-ring (bicyclic) bond motifs is 1. The van der Waals surface area contributed by atoms with E-state index in [2.05, 4.69) is 18.3 Å². The van der Waals surface area contributed by atoms with E-state index < -0.39 is 4.92 Å². The number of non-ortho nitro benzene ring substituents is 1.